The minimum absolute atomic E-state index is 0.107. The zero-order valence-electron chi connectivity index (χ0n) is 14.7. The smallest absolute Gasteiger partial charge is 0.249 e. The topological polar surface area (TPSA) is 49.4 Å². The standard InChI is InChI=1S/C19H23BrN2O2S/c1-13(2)9-17(23)21-18(14-7-5-4-6-8-14)19(24)22(3)11-16-10-15(20)12-25-16/h4-8,10,12-13,18H,9,11H2,1-3H3,(H,21,23). The molecule has 1 N–H and O–H groups in total. The minimum atomic E-state index is -0.666. The molecule has 134 valence electrons. The van der Waals surface area contributed by atoms with E-state index in [1.54, 1.807) is 23.3 Å². The Bertz CT molecular complexity index is 715. The lowest BCUT2D eigenvalue weighted by Crippen LogP contribution is -2.41. The van der Waals surface area contributed by atoms with Gasteiger partial charge in [0.25, 0.3) is 0 Å². The predicted octanol–water partition coefficient (Wildman–Crippen LogP) is 4.37. The molecule has 0 saturated heterocycles. The van der Waals surface area contributed by atoms with E-state index in [-0.39, 0.29) is 17.7 Å². The summed E-state index contributed by atoms with van der Waals surface area (Å²) in [7, 11) is 1.76. The number of nitrogens with one attached hydrogen (secondary N) is 1. The van der Waals surface area contributed by atoms with E-state index in [0.717, 1.165) is 14.9 Å². The van der Waals surface area contributed by atoms with Crippen molar-refractivity contribution in [1.29, 1.82) is 0 Å². The number of likely N-dealkylation sites (N-methyl/N-ethyl adjacent to an activating group) is 1. The van der Waals surface area contributed by atoms with Crippen molar-refractivity contribution in [3.05, 3.63) is 56.7 Å². The van der Waals surface area contributed by atoms with E-state index in [1.807, 2.05) is 55.6 Å². The van der Waals surface area contributed by atoms with Gasteiger partial charge in [-0.3, -0.25) is 9.59 Å². The van der Waals surface area contributed by atoms with Gasteiger partial charge in [0.2, 0.25) is 11.8 Å². The van der Waals surface area contributed by atoms with Crippen LogP contribution >= 0.6 is 27.3 Å². The van der Waals surface area contributed by atoms with Crippen LogP contribution in [0.25, 0.3) is 0 Å². The highest BCUT2D eigenvalue weighted by molar-refractivity contribution is 9.10. The van der Waals surface area contributed by atoms with Gasteiger partial charge >= 0.3 is 0 Å². The van der Waals surface area contributed by atoms with E-state index >= 15 is 0 Å². The van der Waals surface area contributed by atoms with Gasteiger partial charge in [0.15, 0.2) is 0 Å². The Morgan fingerprint density at radius 2 is 1.92 bits per heavy atom. The number of benzene rings is 1. The molecule has 2 aromatic rings. The van der Waals surface area contributed by atoms with Crippen molar-refractivity contribution in [2.45, 2.75) is 32.9 Å². The lowest BCUT2D eigenvalue weighted by molar-refractivity contribution is -0.136. The fourth-order valence-corrected chi connectivity index (χ4v) is 4.00. The minimum Gasteiger partial charge on any atom is -0.341 e. The van der Waals surface area contributed by atoms with Crippen LogP contribution in [0.15, 0.2) is 46.3 Å². The van der Waals surface area contributed by atoms with E-state index in [1.165, 1.54) is 0 Å². The van der Waals surface area contributed by atoms with E-state index < -0.39 is 6.04 Å². The molecule has 25 heavy (non-hydrogen) atoms. The number of rotatable bonds is 7. The summed E-state index contributed by atoms with van der Waals surface area (Å²) in [6.45, 7) is 4.48. The molecule has 0 spiro atoms. The second kappa shape index (κ2) is 9.15. The Labute approximate surface area is 161 Å². The summed E-state index contributed by atoms with van der Waals surface area (Å²) >= 11 is 5.03. The lowest BCUT2D eigenvalue weighted by Gasteiger charge is -2.25. The van der Waals surface area contributed by atoms with Gasteiger partial charge < -0.3 is 10.2 Å². The van der Waals surface area contributed by atoms with Crippen molar-refractivity contribution in [3.8, 4) is 0 Å². The number of carbonyl (C=O) groups excluding carboxylic acids is 2. The van der Waals surface area contributed by atoms with Gasteiger partial charge in [0, 0.05) is 28.2 Å². The van der Waals surface area contributed by atoms with Gasteiger partial charge in [-0.25, -0.2) is 0 Å². The largest absolute Gasteiger partial charge is 0.341 e. The number of carbonyl (C=O) groups is 2. The monoisotopic (exact) mass is 422 g/mol. The van der Waals surface area contributed by atoms with Crippen molar-refractivity contribution in [1.82, 2.24) is 10.2 Å². The second-order valence-corrected chi connectivity index (χ2v) is 8.35. The molecule has 1 unspecified atom stereocenters. The average Bonchev–Trinajstić information content (AvgIpc) is 2.97. The molecule has 2 rings (SSSR count). The summed E-state index contributed by atoms with van der Waals surface area (Å²) in [5.41, 5.74) is 0.795. The highest BCUT2D eigenvalue weighted by Gasteiger charge is 2.26. The molecule has 0 bridgehead atoms. The van der Waals surface area contributed by atoms with Crippen molar-refractivity contribution in [3.63, 3.8) is 0 Å². The molecule has 0 aliphatic rings. The summed E-state index contributed by atoms with van der Waals surface area (Å²) in [5.74, 6) is 0.0185. The van der Waals surface area contributed by atoms with Crippen LogP contribution < -0.4 is 5.32 Å². The second-order valence-electron chi connectivity index (χ2n) is 6.43. The summed E-state index contributed by atoms with van der Waals surface area (Å²) in [5, 5.41) is 4.89. The third-order valence-corrected chi connectivity index (χ3v) is 5.35. The Morgan fingerprint density at radius 1 is 1.24 bits per heavy atom. The molecule has 1 heterocycles. The fraction of sp³-hybridized carbons (Fsp3) is 0.368. The molecule has 0 saturated carbocycles. The Morgan fingerprint density at radius 3 is 2.48 bits per heavy atom. The molecule has 2 amide bonds. The molecule has 1 aromatic carbocycles. The van der Waals surface area contributed by atoms with Crippen molar-refractivity contribution in [2.75, 3.05) is 7.05 Å². The van der Waals surface area contributed by atoms with Crippen LogP contribution in [-0.4, -0.2) is 23.8 Å². The quantitative estimate of drug-likeness (QED) is 0.719. The van der Waals surface area contributed by atoms with Crippen LogP contribution in [0.1, 0.15) is 36.8 Å². The molecule has 0 fully saturated rings. The maximum Gasteiger partial charge on any atom is 0.249 e. The molecular formula is C19H23BrN2O2S. The van der Waals surface area contributed by atoms with Gasteiger partial charge in [-0.15, -0.1) is 11.3 Å². The van der Waals surface area contributed by atoms with Crippen molar-refractivity contribution < 1.29 is 9.59 Å². The fourth-order valence-electron chi connectivity index (χ4n) is 2.49. The molecule has 0 aliphatic carbocycles. The molecule has 6 heteroatoms. The number of halogens is 1. The number of thiophene rings is 1. The highest BCUT2D eigenvalue weighted by atomic mass is 79.9. The van der Waals surface area contributed by atoms with Crippen LogP contribution in [0, 0.1) is 5.92 Å². The van der Waals surface area contributed by atoms with Crippen LogP contribution in [0.5, 0.6) is 0 Å². The van der Waals surface area contributed by atoms with Crippen molar-refractivity contribution in [2.24, 2.45) is 5.92 Å². The van der Waals surface area contributed by atoms with Gasteiger partial charge in [-0.05, 0) is 33.5 Å². The Hall–Kier alpha value is -1.66. The highest BCUT2D eigenvalue weighted by Crippen LogP contribution is 2.23. The van der Waals surface area contributed by atoms with E-state index in [0.29, 0.717) is 13.0 Å². The first-order chi connectivity index (χ1) is 11.9. The van der Waals surface area contributed by atoms with E-state index in [2.05, 4.69) is 21.2 Å². The van der Waals surface area contributed by atoms with E-state index in [9.17, 15) is 9.59 Å². The van der Waals surface area contributed by atoms with E-state index in [4.69, 9.17) is 0 Å². The van der Waals surface area contributed by atoms with Gasteiger partial charge in [0.05, 0.1) is 6.54 Å². The predicted molar refractivity (Wildman–Crippen MR) is 105 cm³/mol. The first-order valence-electron chi connectivity index (χ1n) is 8.19. The number of hydrogen-bond donors (Lipinski definition) is 1. The molecule has 0 aliphatic heterocycles. The zero-order chi connectivity index (χ0) is 18.4. The summed E-state index contributed by atoms with van der Waals surface area (Å²) < 4.78 is 1.01. The molecule has 1 aromatic heterocycles. The van der Waals surface area contributed by atoms with Gasteiger partial charge in [0.1, 0.15) is 6.04 Å². The number of nitrogens with zero attached hydrogens (tertiary/aromatic N) is 1. The summed E-state index contributed by atoms with van der Waals surface area (Å²) in [6.07, 6.45) is 0.401. The van der Waals surface area contributed by atoms with Crippen molar-refractivity contribution >= 4 is 39.1 Å². The summed E-state index contributed by atoms with van der Waals surface area (Å²) in [4.78, 5) is 28.0. The van der Waals surface area contributed by atoms with Crippen LogP contribution in [0.4, 0.5) is 0 Å². The normalized spacial score (nSPS) is 12.0. The zero-order valence-corrected chi connectivity index (χ0v) is 17.1. The number of hydrogen-bond acceptors (Lipinski definition) is 3. The van der Waals surface area contributed by atoms with Crippen LogP contribution in [0.2, 0.25) is 0 Å². The first-order valence-corrected chi connectivity index (χ1v) is 9.86. The molecule has 4 nitrogen and oxygen atoms in total. The van der Waals surface area contributed by atoms with Crippen LogP contribution in [-0.2, 0) is 16.1 Å². The third-order valence-electron chi connectivity index (χ3n) is 3.67. The van der Waals surface area contributed by atoms with Gasteiger partial charge in [-0.1, -0.05) is 44.2 Å². The van der Waals surface area contributed by atoms with Gasteiger partial charge in [-0.2, -0.15) is 0 Å². The maximum atomic E-state index is 13.0. The number of amides is 2. The summed E-state index contributed by atoms with van der Waals surface area (Å²) in [6, 6.07) is 10.7. The Kier molecular flexibility index (Phi) is 7.20. The molecule has 0 radical (unpaired) electrons. The third kappa shape index (κ3) is 5.97. The molecule has 1 atom stereocenters. The first kappa shape index (κ1) is 19.7. The Balaban J connectivity index is 2.15. The lowest BCUT2D eigenvalue weighted by atomic mass is 10.0. The molecular weight excluding hydrogens is 400 g/mol. The van der Waals surface area contributed by atoms with Crippen LogP contribution in [0.3, 0.4) is 0 Å². The SMILES string of the molecule is CC(C)CC(=O)NC(C(=O)N(C)Cc1cc(Br)cs1)c1ccccc1. The maximum absolute atomic E-state index is 13.0. The average molecular weight is 423 g/mol.